The maximum absolute atomic E-state index is 13.4. The van der Waals surface area contributed by atoms with Crippen molar-refractivity contribution in [2.24, 2.45) is 11.7 Å². The SMILES string of the molecule is CC[C@@H](C)[C@@H](CO[C@@H](Cc1ccccc1)C(=O)N[C@@H](CCS(C)(=O)=O)C(=O)OC(C)C)NCC(N)CS. The Bertz CT molecular complexity index is 914. The molecule has 0 aliphatic rings. The number of nitrogens with one attached hydrogen (secondary N) is 2. The predicted octanol–water partition coefficient (Wildman–Crippen LogP) is 1.75. The van der Waals surface area contributed by atoms with Gasteiger partial charge in [0.2, 0.25) is 5.91 Å². The van der Waals surface area contributed by atoms with Crippen molar-refractivity contribution in [3.05, 3.63) is 35.9 Å². The Labute approximate surface area is 228 Å². The third-order valence-corrected chi connectivity index (χ3v) is 7.42. The van der Waals surface area contributed by atoms with Crippen LogP contribution in [-0.4, -0.2) is 81.5 Å². The van der Waals surface area contributed by atoms with Crippen LogP contribution in [0.4, 0.5) is 0 Å². The third-order valence-electron chi connectivity index (χ3n) is 5.97. The molecule has 0 bridgehead atoms. The van der Waals surface area contributed by atoms with E-state index in [4.69, 9.17) is 15.2 Å². The number of amides is 1. The van der Waals surface area contributed by atoms with Crippen LogP contribution in [0.5, 0.6) is 0 Å². The molecule has 0 spiro atoms. The van der Waals surface area contributed by atoms with Gasteiger partial charge in [-0.3, -0.25) is 4.79 Å². The van der Waals surface area contributed by atoms with Gasteiger partial charge in [0.25, 0.3) is 0 Å². The molecule has 0 fully saturated rings. The van der Waals surface area contributed by atoms with Gasteiger partial charge in [0.1, 0.15) is 22.0 Å². The zero-order chi connectivity index (χ0) is 28.0. The molecule has 1 aromatic rings. The molecule has 0 heterocycles. The monoisotopic (exact) mass is 559 g/mol. The zero-order valence-corrected chi connectivity index (χ0v) is 24.4. The van der Waals surface area contributed by atoms with Crippen LogP contribution in [0.3, 0.4) is 0 Å². The molecule has 5 atom stereocenters. The number of rotatable bonds is 18. The Balaban J connectivity index is 3.08. The standard InChI is InChI=1S/C26H45N3O6S2/c1-6-19(4)23(28-15-21(27)17-36)16-34-24(14-20-10-8-7-9-11-20)25(30)29-22(12-13-37(5,32)33)26(31)35-18(2)3/h7-11,18-19,21-24,28,36H,6,12-17,27H2,1-5H3,(H,29,30)/t19-,21?,22+,23-,24+/m1/s1. The van der Waals surface area contributed by atoms with Crippen LogP contribution < -0.4 is 16.4 Å². The molecular formula is C26H45N3O6S2. The van der Waals surface area contributed by atoms with E-state index in [1.54, 1.807) is 13.8 Å². The summed E-state index contributed by atoms with van der Waals surface area (Å²) in [5.41, 5.74) is 6.91. The van der Waals surface area contributed by atoms with E-state index in [0.29, 0.717) is 12.3 Å². The first kappa shape index (κ1) is 33.4. The average Bonchev–Trinajstić information content (AvgIpc) is 2.84. The lowest BCUT2D eigenvalue weighted by Gasteiger charge is -2.28. The highest BCUT2D eigenvalue weighted by Gasteiger charge is 2.30. The molecule has 0 saturated carbocycles. The number of ether oxygens (including phenoxy) is 2. The first-order chi connectivity index (χ1) is 17.4. The van der Waals surface area contributed by atoms with E-state index in [-0.39, 0.29) is 43.2 Å². The molecule has 1 rings (SSSR count). The Kier molecular flexibility index (Phi) is 15.4. The van der Waals surface area contributed by atoms with Crippen molar-refractivity contribution in [3.8, 4) is 0 Å². The van der Waals surface area contributed by atoms with Crippen molar-refractivity contribution in [2.75, 3.05) is 30.9 Å². The van der Waals surface area contributed by atoms with Crippen LogP contribution in [0.15, 0.2) is 30.3 Å². The van der Waals surface area contributed by atoms with Crippen molar-refractivity contribution in [2.45, 2.75) is 77.3 Å². The lowest BCUT2D eigenvalue weighted by Crippen LogP contribution is -2.50. The van der Waals surface area contributed by atoms with Crippen molar-refractivity contribution in [3.63, 3.8) is 0 Å². The molecule has 0 aromatic heterocycles. The van der Waals surface area contributed by atoms with Gasteiger partial charge in [-0.1, -0.05) is 50.6 Å². The van der Waals surface area contributed by atoms with Crippen LogP contribution in [0.2, 0.25) is 0 Å². The van der Waals surface area contributed by atoms with Gasteiger partial charge in [0.15, 0.2) is 0 Å². The molecule has 1 aromatic carbocycles. The van der Waals surface area contributed by atoms with Gasteiger partial charge in [-0.2, -0.15) is 12.6 Å². The van der Waals surface area contributed by atoms with Gasteiger partial charge >= 0.3 is 5.97 Å². The third kappa shape index (κ3) is 14.2. The highest BCUT2D eigenvalue weighted by Crippen LogP contribution is 2.13. The summed E-state index contributed by atoms with van der Waals surface area (Å²) in [7, 11) is -3.35. The summed E-state index contributed by atoms with van der Waals surface area (Å²) in [6.07, 6.45) is 0.875. The maximum Gasteiger partial charge on any atom is 0.328 e. The number of thiol groups is 1. The van der Waals surface area contributed by atoms with E-state index in [0.717, 1.165) is 18.2 Å². The molecular weight excluding hydrogens is 514 g/mol. The molecule has 212 valence electrons. The smallest absolute Gasteiger partial charge is 0.328 e. The topological polar surface area (TPSA) is 137 Å². The van der Waals surface area contributed by atoms with E-state index in [1.807, 2.05) is 30.3 Å². The second-order valence-electron chi connectivity index (χ2n) is 9.82. The highest BCUT2D eigenvalue weighted by atomic mass is 32.2. The lowest BCUT2D eigenvalue weighted by molar-refractivity contribution is -0.153. The van der Waals surface area contributed by atoms with E-state index in [2.05, 4.69) is 37.1 Å². The van der Waals surface area contributed by atoms with E-state index >= 15 is 0 Å². The summed E-state index contributed by atoms with van der Waals surface area (Å²) in [5, 5.41) is 6.11. The largest absolute Gasteiger partial charge is 0.461 e. The first-order valence-electron chi connectivity index (χ1n) is 12.8. The normalized spacial score (nSPS) is 16.0. The second-order valence-corrected chi connectivity index (χ2v) is 12.4. The van der Waals surface area contributed by atoms with Crippen LogP contribution in [-0.2, 0) is 35.3 Å². The van der Waals surface area contributed by atoms with Crippen LogP contribution in [0.25, 0.3) is 0 Å². The summed E-state index contributed by atoms with van der Waals surface area (Å²) < 4.78 is 34.9. The number of nitrogens with two attached hydrogens (primary N) is 1. The number of carbonyl (C=O) groups is 2. The molecule has 11 heteroatoms. The molecule has 0 aliphatic heterocycles. The fourth-order valence-corrected chi connectivity index (χ4v) is 4.30. The molecule has 37 heavy (non-hydrogen) atoms. The van der Waals surface area contributed by atoms with Crippen molar-refractivity contribution in [1.82, 2.24) is 10.6 Å². The molecule has 4 N–H and O–H groups in total. The minimum absolute atomic E-state index is 0.0473. The van der Waals surface area contributed by atoms with Crippen molar-refractivity contribution < 1.29 is 27.5 Å². The van der Waals surface area contributed by atoms with Gasteiger partial charge < -0.3 is 25.8 Å². The Hall–Kier alpha value is -1.66. The molecule has 1 amide bonds. The summed E-state index contributed by atoms with van der Waals surface area (Å²) in [6.45, 7) is 8.38. The maximum atomic E-state index is 13.4. The average molecular weight is 560 g/mol. The Morgan fingerprint density at radius 3 is 2.32 bits per heavy atom. The minimum Gasteiger partial charge on any atom is -0.461 e. The van der Waals surface area contributed by atoms with Gasteiger partial charge in [0, 0.05) is 37.1 Å². The number of benzene rings is 1. The summed E-state index contributed by atoms with van der Waals surface area (Å²) >= 11 is 4.24. The second kappa shape index (κ2) is 17.0. The Morgan fingerprint density at radius 1 is 1.14 bits per heavy atom. The summed E-state index contributed by atoms with van der Waals surface area (Å²) in [4.78, 5) is 26.1. The minimum atomic E-state index is -3.35. The summed E-state index contributed by atoms with van der Waals surface area (Å²) in [6, 6.07) is 8.17. The zero-order valence-electron chi connectivity index (χ0n) is 22.7. The van der Waals surface area contributed by atoms with Crippen LogP contribution in [0.1, 0.15) is 46.1 Å². The van der Waals surface area contributed by atoms with E-state index < -0.39 is 40.0 Å². The number of hydrogen-bond donors (Lipinski definition) is 4. The van der Waals surface area contributed by atoms with Crippen molar-refractivity contribution >= 4 is 34.3 Å². The quantitative estimate of drug-likeness (QED) is 0.158. The van der Waals surface area contributed by atoms with E-state index in [9.17, 15) is 18.0 Å². The lowest BCUT2D eigenvalue weighted by atomic mass is 9.99. The Morgan fingerprint density at radius 2 is 1.78 bits per heavy atom. The first-order valence-corrected chi connectivity index (χ1v) is 15.5. The van der Waals surface area contributed by atoms with Gasteiger partial charge in [-0.05, 0) is 31.7 Å². The molecule has 0 saturated heterocycles. The molecule has 9 nitrogen and oxygen atoms in total. The van der Waals surface area contributed by atoms with Gasteiger partial charge in [-0.15, -0.1) is 0 Å². The van der Waals surface area contributed by atoms with E-state index in [1.165, 1.54) is 0 Å². The highest BCUT2D eigenvalue weighted by molar-refractivity contribution is 7.90. The fourth-order valence-electron chi connectivity index (χ4n) is 3.51. The molecule has 1 unspecified atom stereocenters. The van der Waals surface area contributed by atoms with Gasteiger partial charge in [-0.25, -0.2) is 13.2 Å². The van der Waals surface area contributed by atoms with Crippen LogP contribution >= 0.6 is 12.6 Å². The number of hydrogen-bond acceptors (Lipinski definition) is 9. The van der Waals surface area contributed by atoms with Crippen molar-refractivity contribution in [1.29, 1.82) is 0 Å². The number of esters is 1. The molecule has 0 aliphatic carbocycles. The predicted molar refractivity (Wildman–Crippen MR) is 150 cm³/mol. The summed E-state index contributed by atoms with van der Waals surface area (Å²) in [5.74, 6) is -0.637. The van der Waals surface area contributed by atoms with Gasteiger partial charge in [0.05, 0.1) is 18.5 Å². The number of carbonyl (C=O) groups excluding carboxylic acids is 2. The number of sulfone groups is 1. The molecule has 0 radical (unpaired) electrons. The fraction of sp³-hybridized carbons (Fsp3) is 0.692. The van der Waals surface area contributed by atoms with Crippen LogP contribution in [0, 0.1) is 5.92 Å².